The summed E-state index contributed by atoms with van der Waals surface area (Å²) in [6.45, 7) is 2.29. The van der Waals surface area contributed by atoms with Gasteiger partial charge in [-0.15, -0.1) is 22.7 Å². The largest absolute Gasteiger partial charge is 0.135 e. The lowest BCUT2D eigenvalue weighted by molar-refractivity contribution is 1.18. The molecule has 270 valence electrons. The van der Waals surface area contributed by atoms with Gasteiger partial charge in [0.05, 0.1) is 0 Å². The van der Waals surface area contributed by atoms with E-state index in [-0.39, 0.29) is 0 Å². The Morgan fingerprint density at radius 3 is 1.60 bits per heavy atom. The molecule has 0 saturated heterocycles. The van der Waals surface area contributed by atoms with Crippen molar-refractivity contribution in [2.75, 3.05) is 0 Å². The normalized spacial score (nSPS) is 12.3. The summed E-state index contributed by atoms with van der Waals surface area (Å²) in [7, 11) is 0. The summed E-state index contributed by atoms with van der Waals surface area (Å²) in [6.07, 6.45) is 0.996. The van der Waals surface area contributed by atoms with Crippen molar-refractivity contribution in [2.45, 2.75) is 13.3 Å². The Hall–Kier alpha value is -6.58. The lowest BCUT2D eigenvalue weighted by Crippen LogP contribution is -1.93. The van der Waals surface area contributed by atoms with E-state index in [9.17, 15) is 0 Å². The fraction of sp³-hybridized carbons (Fsp3) is 0.0357. The molecular formula is C56H34S2. The van der Waals surface area contributed by atoms with Crippen molar-refractivity contribution >= 4 is 128 Å². The van der Waals surface area contributed by atoms with Crippen LogP contribution >= 0.6 is 22.7 Å². The van der Waals surface area contributed by atoms with Gasteiger partial charge in [0.25, 0.3) is 0 Å². The van der Waals surface area contributed by atoms with Crippen molar-refractivity contribution in [1.29, 1.82) is 0 Å². The molecule has 0 atom stereocenters. The number of hydrogen-bond donors (Lipinski definition) is 0. The standard InChI is InChI=1S/C56H34S2/c1-2-34-35-15-4-3-14-32(35)30-46-36-22-13-23-39(38(36)28-27-37(34)46)52-40-16-5-7-18-42(40)53(43-19-8-6-17-41(43)52)47-31-33-26-29-50-54(44-20-9-11-24-48(44)57-50)51(33)55-45-21-10-12-25-49(45)58-56(47)55/h3-31H,2H2,1H3. The molecule has 13 aromatic rings. The third-order valence-corrected chi connectivity index (χ3v) is 15.1. The maximum absolute atomic E-state index is 2.51. The maximum Gasteiger partial charge on any atom is 0.0440 e. The fourth-order valence-electron chi connectivity index (χ4n) is 10.4. The minimum atomic E-state index is 0.996. The number of aryl methyl sites for hydroxylation is 1. The Balaban J connectivity index is 1.16. The molecule has 0 aliphatic rings. The van der Waals surface area contributed by atoms with E-state index >= 15 is 0 Å². The van der Waals surface area contributed by atoms with E-state index in [0.29, 0.717) is 0 Å². The smallest absolute Gasteiger partial charge is 0.0440 e. The van der Waals surface area contributed by atoms with Crippen LogP contribution in [0.15, 0.2) is 176 Å². The second-order valence-corrected chi connectivity index (χ2v) is 17.8. The van der Waals surface area contributed by atoms with Crippen molar-refractivity contribution in [1.82, 2.24) is 0 Å². The molecule has 0 nitrogen and oxygen atoms in total. The van der Waals surface area contributed by atoms with Crippen LogP contribution in [0.25, 0.3) is 127 Å². The zero-order valence-electron chi connectivity index (χ0n) is 31.8. The number of thiophene rings is 2. The zero-order chi connectivity index (χ0) is 38.1. The van der Waals surface area contributed by atoms with E-state index in [1.54, 1.807) is 0 Å². The topological polar surface area (TPSA) is 0 Å². The Morgan fingerprint density at radius 2 is 0.897 bits per heavy atom. The Labute approximate surface area is 342 Å². The van der Waals surface area contributed by atoms with Gasteiger partial charge in [0, 0.05) is 51.3 Å². The van der Waals surface area contributed by atoms with E-state index in [0.717, 1.165) is 6.42 Å². The SMILES string of the molecule is CCc1c2ccccc2cc2c1ccc1c(-c3c4ccccc4c(-c4cc5ccc6sc7ccccc7c6c5c5c4sc4ccccc45)c4ccccc34)cccc12. The highest BCUT2D eigenvalue weighted by atomic mass is 32.1. The van der Waals surface area contributed by atoms with Gasteiger partial charge < -0.3 is 0 Å². The first-order chi connectivity index (χ1) is 28.7. The van der Waals surface area contributed by atoms with Gasteiger partial charge in [-0.3, -0.25) is 0 Å². The minimum absolute atomic E-state index is 0.996. The van der Waals surface area contributed by atoms with Crippen LogP contribution in [-0.4, -0.2) is 0 Å². The van der Waals surface area contributed by atoms with Crippen LogP contribution in [0.1, 0.15) is 12.5 Å². The van der Waals surface area contributed by atoms with Crippen LogP contribution in [0, 0.1) is 0 Å². The molecule has 0 unspecified atom stereocenters. The summed E-state index contributed by atoms with van der Waals surface area (Å²) in [5, 5.41) is 21.2. The van der Waals surface area contributed by atoms with Gasteiger partial charge in [0.2, 0.25) is 0 Å². The molecule has 58 heavy (non-hydrogen) atoms. The predicted molar refractivity (Wildman–Crippen MR) is 258 cm³/mol. The first-order valence-electron chi connectivity index (χ1n) is 20.2. The van der Waals surface area contributed by atoms with Crippen molar-refractivity contribution < 1.29 is 0 Å². The molecule has 11 aromatic carbocycles. The molecule has 2 heterocycles. The fourth-order valence-corrected chi connectivity index (χ4v) is 12.8. The average Bonchev–Trinajstić information content (AvgIpc) is 3.86. The van der Waals surface area contributed by atoms with E-state index in [2.05, 4.69) is 183 Å². The maximum atomic E-state index is 2.51. The third-order valence-electron chi connectivity index (χ3n) is 12.8. The minimum Gasteiger partial charge on any atom is -0.135 e. The summed E-state index contributed by atoms with van der Waals surface area (Å²) in [4.78, 5) is 0. The molecule has 13 rings (SSSR count). The number of fused-ring (bicyclic) bond motifs is 15. The van der Waals surface area contributed by atoms with Crippen LogP contribution in [0.3, 0.4) is 0 Å². The highest BCUT2D eigenvalue weighted by Crippen LogP contribution is 2.52. The van der Waals surface area contributed by atoms with Crippen molar-refractivity contribution in [3.05, 3.63) is 181 Å². The monoisotopic (exact) mass is 770 g/mol. The lowest BCUT2D eigenvalue weighted by Gasteiger charge is -2.20. The number of hydrogen-bond acceptors (Lipinski definition) is 2. The number of benzene rings is 11. The van der Waals surface area contributed by atoms with Gasteiger partial charge in [0.15, 0.2) is 0 Å². The molecule has 2 aromatic heterocycles. The summed E-state index contributed by atoms with van der Waals surface area (Å²) < 4.78 is 5.38. The molecule has 2 heteroatoms. The number of rotatable bonds is 3. The van der Waals surface area contributed by atoms with E-state index < -0.39 is 0 Å². The molecule has 0 aliphatic heterocycles. The summed E-state index contributed by atoms with van der Waals surface area (Å²) in [5.41, 5.74) is 6.63. The highest BCUT2D eigenvalue weighted by molar-refractivity contribution is 7.27. The second kappa shape index (κ2) is 12.2. The van der Waals surface area contributed by atoms with Crippen LogP contribution in [0.5, 0.6) is 0 Å². The van der Waals surface area contributed by atoms with Gasteiger partial charge in [-0.05, 0) is 118 Å². The summed E-state index contributed by atoms with van der Waals surface area (Å²) in [5.74, 6) is 0. The van der Waals surface area contributed by atoms with Crippen LogP contribution in [0.2, 0.25) is 0 Å². The van der Waals surface area contributed by atoms with Gasteiger partial charge in [-0.2, -0.15) is 0 Å². The lowest BCUT2D eigenvalue weighted by atomic mass is 9.83. The van der Waals surface area contributed by atoms with Gasteiger partial charge >= 0.3 is 0 Å². The molecule has 0 radical (unpaired) electrons. The quantitative estimate of drug-likeness (QED) is 0.124. The average molecular weight is 771 g/mol. The van der Waals surface area contributed by atoms with E-state index in [1.165, 1.54) is 133 Å². The molecule has 0 fully saturated rings. The first kappa shape index (κ1) is 32.5. The third kappa shape index (κ3) is 4.39. The van der Waals surface area contributed by atoms with Gasteiger partial charge in [-0.25, -0.2) is 0 Å². The highest BCUT2D eigenvalue weighted by Gasteiger charge is 2.23. The molecule has 0 spiro atoms. The molecule has 0 aliphatic carbocycles. The van der Waals surface area contributed by atoms with E-state index in [4.69, 9.17) is 0 Å². The summed E-state index contributed by atoms with van der Waals surface area (Å²) in [6, 6.07) is 66.5. The van der Waals surface area contributed by atoms with Crippen molar-refractivity contribution in [3.8, 4) is 22.3 Å². The Bertz CT molecular complexity index is 3840. The summed E-state index contributed by atoms with van der Waals surface area (Å²) >= 11 is 3.85. The zero-order valence-corrected chi connectivity index (χ0v) is 33.4. The van der Waals surface area contributed by atoms with Crippen LogP contribution in [0.4, 0.5) is 0 Å². The van der Waals surface area contributed by atoms with Gasteiger partial charge in [-0.1, -0.05) is 153 Å². The second-order valence-electron chi connectivity index (χ2n) is 15.7. The molecular weight excluding hydrogens is 737 g/mol. The van der Waals surface area contributed by atoms with Gasteiger partial charge in [0.1, 0.15) is 0 Å². The molecule has 0 amide bonds. The Kier molecular flexibility index (Phi) is 6.84. The van der Waals surface area contributed by atoms with E-state index in [1.807, 2.05) is 22.7 Å². The Morgan fingerprint density at radius 1 is 0.328 bits per heavy atom. The molecule has 0 N–H and O–H groups in total. The van der Waals surface area contributed by atoms with Crippen molar-refractivity contribution in [3.63, 3.8) is 0 Å². The molecule has 0 saturated carbocycles. The first-order valence-corrected chi connectivity index (χ1v) is 21.9. The van der Waals surface area contributed by atoms with Crippen LogP contribution < -0.4 is 0 Å². The predicted octanol–water partition coefficient (Wildman–Crippen LogP) is 17.2. The molecule has 0 bridgehead atoms. The van der Waals surface area contributed by atoms with Crippen molar-refractivity contribution in [2.24, 2.45) is 0 Å². The van der Waals surface area contributed by atoms with Crippen LogP contribution in [-0.2, 0) is 6.42 Å².